The topological polar surface area (TPSA) is 46.2 Å². The standard InChI is InChI=1S/C16H19NO2S/c1-12(2)15-11-7-8-13(3)16(15)17-20(18,19)14-9-5-4-6-10-14/h4-12,17H,1-3H3. The van der Waals surface area contributed by atoms with E-state index in [-0.39, 0.29) is 10.8 Å². The highest BCUT2D eigenvalue weighted by Crippen LogP contribution is 2.29. The Morgan fingerprint density at radius 2 is 1.60 bits per heavy atom. The molecule has 0 saturated heterocycles. The Morgan fingerprint density at radius 1 is 0.950 bits per heavy atom. The zero-order valence-electron chi connectivity index (χ0n) is 11.9. The van der Waals surface area contributed by atoms with Gasteiger partial charge >= 0.3 is 0 Å². The van der Waals surface area contributed by atoms with E-state index >= 15 is 0 Å². The van der Waals surface area contributed by atoms with Crippen LogP contribution in [-0.2, 0) is 10.0 Å². The first kappa shape index (κ1) is 14.6. The number of hydrogen-bond acceptors (Lipinski definition) is 2. The molecule has 0 aliphatic carbocycles. The summed E-state index contributed by atoms with van der Waals surface area (Å²) in [5, 5.41) is 0. The number of sulfonamides is 1. The number of rotatable bonds is 4. The Kier molecular flexibility index (Phi) is 4.14. The van der Waals surface area contributed by atoms with Crippen molar-refractivity contribution in [2.75, 3.05) is 4.72 Å². The van der Waals surface area contributed by atoms with Crippen molar-refractivity contribution in [3.8, 4) is 0 Å². The van der Waals surface area contributed by atoms with Crippen molar-refractivity contribution in [1.82, 2.24) is 0 Å². The van der Waals surface area contributed by atoms with Gasteiger partial charge in [0.15, 0.2) is 0 Å². The summed E-state index contributed by atoms with van der Waals surface area (Å²) in [5.41, 5.74) is 2.62. The molecule has 4 heteroatoms. The first-order valence-electron chi connectivity index (χ1n) is 6.59. The second-order valence-corrected chi connectivity index (χ2v) is 6.79. The quantitative estimate of drug-likeness (QED) is 0.927. The molecular formula is C16H19NO2S. The summed E-state index contributed by atoms with van der Waals surface area (Å²) >= 11 is 0. The van der Waals surface area contributed by atoms with Crippen LogP contribution in [0.2, 0.25) is 0 Å². The van der Waals surface area contributed by atoms with Crippen molar-refractivity contribution in [2.45, 2.75) is 31.6 Å². The number of aryl methyl sites for hydroxylation is 1. The smallest absolute Gasteiger partial charge is 0.261 e. The fourth-order valence-corrected chi connectivity index (χ4v) is 3.28. The lowest BCUT2D eigenvalue weighted by Crippen LogP contribution is -2.15. The van der Waals surface area contributed by atoms with Gasteiger partial charge in [-0.3, -0.25) is 4.72 Å². The molecule has 0 fully saturated rings. The number of para-hydroxylation sites is 1. The van der Waals surface area contributed by atoms with Gasteiger partial charge < -0.3 is 0 Å². The molecule has 0 spiro atoms. The largest absolute Gasteiger partial charge is 0.279 e. The average Bonchev–Trinajstić information content (AvgIpc) is 2.41. The van der Waals surface area contributed by atoms with Crippen molar-refractivity contribution >= 4 is 15.7 Å². The van der Waals surface area contributed by atoms with Crippen molar-refractivity contribution in [2.24, 2.45) is 0 Å². The lowest BCUT2D eigenvalue weighted by Gasteiger charge is -2.17. The summed E-state index contributed by atoms with van der Waals surface area (Å²) < 4.78 is 27.6. The van der Waals surface area contributed by atoms with Gasteiger partial charge in [-0.2, -0.15) is 0 Å². The minimum atomic E-state index is -3.54. The zero-order valence-corrected chi connectivity index (χ0v) is 12.7. The molecule has 0 bridgehead atoms. The van der Waals surface area contributed by atoms with Crippen LogP contribution in [0.5, 0.6) is 0 Å². The Labute approximate surface area is 120 Å². The number of anilines is 1. The van der Waals surface area contributed by atoms with Gasteiger partial charge in [0.05, 0.1) is 10.6 Å². The second kappa shape index (κ2) is 5.67. The molecule has 0 radical (unpaired) electrons. The number of nitrogens with one attached hydrogen (secondary N) is 1. The van der Waals surface area contributed by atoms with E-state index in [4.69, 9.17) is 0 Å². The Morgan fingerprint density at radius 3 is 2.20 bits per heavy atom. The van der Waals surface area contributed by atoms with Gasteiger partial charge in [-0.25, -0.2) is 8.42 Å². The fourth-order valence-electron chi connectivity index (χ4n) is 2.10. The average molecular weight is 289 g/mol. The number of hydrogen-bond donors (Lipinski definition) is 1. The van der Waals surface area contributed by atoms with Crippen LogP contribution in [0.3, 0.4) is 0 Å². The van der Waals surface area contributed by atoms with Crippen LogP contribution in [0, 0.1) is 6.92 Å². The Balaban J connectivity index is 2.45. The highest BCUT2D eigenvalue weighted by molar-refractivity contribution is 7.92. The van der Waals surface area contributed by atoms with E-state index in [0.29, 0.717) is 5.69 Å². The van der Waals surface area contributed by atoms with Crippen LogP contribution in [0.1, 0.15) is 30.9 Å². The maximum Gasteiger partial charge on any atom is 0.261 e. The zero-order chi connectivity index (χ0) is 14.8. The molecule has 20 heavy (non-hydrogen) atoms. The van der Waals surface area contributed by atoms with Crippen molar-refractivity contribution in [3.63, 3.8) is 0 Å². The lowest BCUT2D eigenvalue weighted by molar-refractivity contribution is 0.601. The molecule has 3 nitrogen and oxygen atoms in total. The summed E-state index contributed by atoms with van der Waals surface area (Å²) in [6, 6.07) is 14.2. The highest BCUT2D eigenvalue weighted by atomic mass is 32.2. The van der Waals surface area contributed by atoms with Gasteiger partial charge in [0.25, 0.3) is 10.0 Å². The van der Waals surface area contributed by atoms with Crippen molar-refractivity contribution in [1.29, 1.82) is 0 Å². The number of benzene rings is 2. The summed E-state index contributed by atoms with van der Waals surface area (Å²) in [4.78, 5) is 0.276. The van der Waals surface area contributed by atoms with Gasteiger partial charge in [-0.05, 0) is 36.1 Å². The molecule has 0 aliphatic rings. The highest BCUT2D eigenvalue weighted by Gasteiger charge is 2.17. The fraction of sp³-hybridized carbons (Fsp3) is 0.250. The summed E-state index contributed by atoms with van der Waals surface area (Å²) in [5.74, 6) is 0.253. The SMILES string of the molecule is Cc1cccc(C(C)C)c1NS(=O)(=O)c1ccccc1. The molecule has 0 amide bonds. The monoisotopic (exact) mass is 289 g/mol. The van der Waals surface area contributed by atoms with Crippen LogP contribution >= 0.6 is 0 Å². The minimum absolute atomic E-state index is 0.253. The molecule has 2 aromatic carbocycles. The van der Waals surface area contributed by atoms with E-state index in [1.54, 1.807) is 30.3 Å². The third kappa shape index (κ3) is 3.02. The van der Waals surface area contributed by atoms with Gasteiger partial charge in [-0.15, -0.1) is 0 Å². The molecule has 1 N–H and O–H groups in total. The normalized spacial score (nSPS) is 11.6. The molecule has 0 aliphatic heterocycles. The minimum Gasteiger partial charge on any atom is -0.279 e. The third-order valence-electron chi connectivity index (χ3n) is 3.22. The summed E-state index contributed by atoms with van der Waals surface area (Å²) in [7, 11) is -3.54. The first-order chi connectivity index (χ1) is 9.42. The van der Waals surface area contributed by atoms with E-state index in [0.717, 1.165) is 11.1 Å². The van der Waals surface area contributed by atoms with E-state index < -0.39 is 10.0 Å². The van der Waals surface area contributed by atoms with Gasteiger partial charge in [0, 0.05) is 0 Å². The van der Waals surface area contributed by atoms with Crippen molar-refractivity contribution in [3.05, 3.63) is 59.7 Å². The predicted molar refractivity (Wildman–Crippen MR) is 82.5 cm³/mol. The molecule has 2 aromatic rings. The molecule has 0 heterocycles. The molecule has 2 rings (SSSR count). The van der Waals surface area contributed by atoms with Crippen LogP contribution in [0.4, 0.5) is 5.69 Å². The van der Waals surface area contributed by atoms with Gasteiger partial charge in [0.2, 0.25) is 0 Å². The summed E-state index contributed by atoms with van der Waals surface area (Å²) in [6.07, 6.45) is 0. The molecule has 106 valence electrons. The van der Waals surface area contributed by atoms with Gasteiger partial charge in [0.1, 0.15) is 0 Å². The Hall–Kier alpha value is -1.81. The predicted octanol–water partition coefficient (Wildman–Crippen LogP) is 3.92. The molecule has 0 aromatic heterocycles. The maximum atomic E-state index is 12.4. The van der Waals surface area contributed by atoms with E-state index in [9.17, 15) is 8.42 Å². The molecule has 0 saturated carbocycles. The van der Waals surface area contributed by atoms with Gasteiger partial charge in [-0.1, -0.05) is 50.2 Å². The molecule has 0 unspecified atom stereocenters. The lowest BCUT2D eigenvalue weighted by atomic mass is 9.99. The van der Waals surface area contributed by atoms with E-state index in [1.807, 2.05) is 25.1 Å². The van der Waals surface area contributed by atoms with E-state index in [1.165, 1.54) is 0 Å². The first-order valence-corrected chi connectivity index (χ1v) is 8.07. The Bertz CT molecular complexity index is 692. The molecular weight excluding hydrogens is 270 g/mol. The molecule has 0 atom stereocenters. The van der Waals surface area contributed by atoms with Crippen LogP contribution in [-0.4, -0.2) is 8.42 Å². The second-order valence-electron chi connectivity index (χ2n) is 5.11. The van der Waals surface area contributed by atoms with Crippen LogP contribution in [0.25, 0.3) is 0 Å². The van der Waals surface area contributed by atoms with Crippen molar-refractivity contribution < 1.29 is 8.42 Å². The van der Waals surface area contributed by atoms with Crippen LogP contribution in [0.15, 0.2) is 53.4 Å². The maximum absolute atomic E-state index is 12.4. The van der Waals surface area contributed by atoms with Crippen LogP contribution < -0.4 is 4.72 Å². The summed E-state index contributed by atoms with van der Waals surface area (Å²) in [6.45, 7) is 6.01. The van der Waals surface area contributed by atoms with E-state index in [2.05, 4.69) is 18.6 Å². The third-order valence-corrected chi connectivity index (χ3v) is 4.58.